The van der Waals surface area contributed by atoms with Crippen molar-refractivity contribution >= 4 is 5.91 Å². The molecule has 3 aromatic rings. The normalized spacial score (nSPS) is 18.5. The molecular formula is C26H34N6O3. The number of aryl methyl sites for hydroxylation is 2. The van der Waals surface area contributed by atoms with Gasteiger partial charge in [0, 0.05) is 69.2 Å². The van der Waals surface area contributed by atoms with Gasteiger partial charge in [0.2, 0.25) is 0 Å². The molecule has 0 unspecified atom stereocenters. The maximum absolute atomic E-state index is 13.6. The van der Waals surface area contributed by atoms with Crippen molar-refractivity contribution in [3.05, 3.63) is 64.2 Å². The highest BCUT2D eigenvalue weighted by atomic mass is 16.5. The molecule has 2 aliphatic heterocycles. The highest BCUT2D eigenvalue weighted by Gasteiger charge is 2.32. The van der Waals surface area contributed by atoms with E-state index < -0.39 is 6.10 Å². The second-order valence-electron chi connectivity index (χ2n) is 9.70. The van der Waals surface area contributed by atoms with Crippen LogP contribution in [0.15, 0.2) is 30.5 Å². The van der Waals surface area contributed by atoms with Crippen molar-refractivity contribution in [2.45, 2.75) is 51.9 Å². The van der Waals surface area contributed by atoms with Crippen LogP contribution in [0.1, 0.15) is 51.4 Å². The molecule has 2 aromatic heterocycles. The zero-order valence-corrected chi connectivity index (χ0v) is 20.8. The number of piperidine rings is 1. The van der Waals surface area contributed by atoms with Crippen molar-refractivity contribution in [2.24, 2.45) is 7.05 Å². The van der Waals surface area contributed by atoms with Crippen molar-refractivity contribution < 1.29 is 14.6 Å². The minimum absolute atomic E-state index is 0.0798. The Morgan fingerprint density at radius 2 is 2.09 bits per heavy atom. The maximum Gasteiger partial charge on any atom is 0.274 e. The van der Waals surface area contributed by atoms with Crippen LogP contribution in [0.3, 0.4) is 0 Å². The van der Waals surface area contributed by atoms with Gasteiger partial charge in [0.1, 0.15) is 5.75 Å². The van der Waals surface area contributed by atoms with Gasteiger partial charge < -0.3 is 14.7 Å². The Morgan fingerprint density at radius 3 is 2.83 bits per heavy atom. The molecule has 1 atom stereocenters. The quantitative estimate of drug-likeness (QED) is 0.584. The number of aromatic nitrogens is 4. The van der Waals surface area contributed by atoms with Gasteiger partial charge >= 0.3 is 0 Å². The van der Waals surface area contributed by atoms with Crippen molar-refractivity contribution in [1.82, 2.24) is 29.4 Å². The van der Waals surface area contributed by atoms with E-state index >= 15 is 0 Å². The number of likely N-dealkylation sites (tertiary alicyclic amines) is 1. The molecular weight excluding hydrogens is 444 g/mol. The van der Waals surface area contributed by atoms with Gasteiger partial charge in [0.25, 0.3) is 5.91 Å². The predicted octanol–water partition coefficient (Wildman–Crippen LogP) is 2.14. The highest BCUT2D eigenvalue weighted by molar-refractivity contribution is 5.94. The molecule has 1 N–H and O–H groups in total. The number of ether oxygens (including phenoxy) is 1. The zero-order chi connectivity index (χ0) is 24.5. The minimum Gasteiger partial charge on any atom is -0.497 e. The molecule has 5 rings (SSSR count). The number of methoxy groups -OCH3 is 1. The summed E-state index contributed by atoms with van der Waals surface area (Å²) >= 11 is 0. The first-order chi connectivity index (χ1) is 16.9. The monoisotopic (exact) mass is 478 g/mol. The lowest BCUT2D eigenvalue weighted by Gasteiger charge is -2.31. The smallest absolute Gasteiger partial charge is 0.274 e. The molecule has 186 valence electrons. The third-order valence-corrected chi connectivity index (χ3v) is 7.07. The number of carbonyl (C=O) groups excluding carboxylic acids is 1. The summed E-state index contributed by atoms with van der Waals surface area (Å²) in [5, 5.41) is 19.5. The fraction of sp³-hybridized carbons (Fsp3) is 0.500. The average molecular weight is 479 g/mol. The number of hydrogen-bond donors (Lipinski definition) is 1. The van der Waals surface area contributed by atoms with Gasteiger partial charge in [-0.25, -0.2) is 0 Å². The Kier molecular flexibility index (Phi) is 6.62. The largest absolute Gasteiger partial charge is 0.497 e. The molecule has 35 heavy (non-hydrogen) atoms. The van der Waals surface area contributed by atoms with E-state index in [9.17, 15) is 9.90 Å². The molecule has 1 saturated heterocycles. The fourth-order valence-corrected chi connectivity index (χ4v) is 5.26. The van der Waals surface area contributed by atoms with E-state index in [0.717, 1.165) is 60.6 Å². The lowest BCUT2D eigenvalue weighted by atomic mass is 10.0. The predicted molar refractivity (Wildman–Crippen MR) is 131 cm³/mol. The number of hydrogen-bond acceptors (Lipinski definition) is 6. The Hall–Kier alpha value is -3.17. The molecule has 0 spiro atoms. The van der Waals surface area contributed by atoms with Gasteiger partial charge in [0.15, 0.2) is 5.69 Å². The second kappa shape index (κ2) is 9.83. The number of nitrogens with zero attached hydrogens (tertiary/aromatic N) is 6. The molecule has 2 aliphatic rings. The Labute approximate surface area is 205 Å². The van der Waals surface area contributed by atoms with Crippen LogP contribution in [0.25, 0.3) is 0 Å². The average Bonchev–Trinajstić information content (AvgIpc) is 3.36. The van der Waals surface area contributed by atoms with Crippen LogP contribution in [0.5, 0.6) is 5.75 Å². The van der Waals surface area contributed by atoms with Crippen LogP contribution in [-0.4, -0.2) is 73.2 Å². The molecule has 9 heteroatoms. The Balaban J connectivity index is 1.45. The summed E-state index contributed by atoms with van der Waals surface area (Å²) in [5.41, 5.74) is 5.95. The lowest BCUT2D eigenvalue weighted by Crippen LogP contribution is -2.43. The maximum atomic E-state index is 13.6. The molecule has 4 heterocycles. The molecule has 1 amide bonds. The molecule has 0 bridgehead atoms. The third kappa shape index (κ3) is 4.97. The molecule has 1 fully saturated rings. The van der Waals surface area contributed by atoms with Gasteiger partial charge in [-0.3, -0.25) is 19.1 Å². The summed E-state index contributed by atoms with van der Waals surface area (Å²) in [6.07, 6.45) is 3.98. The lowest BCUT2D eigenvalue weighted by molar-refractivity contribution is 0.0466. The highest BCUT2D eigenvalue weighted by Crippen LogP contribution is 2.27. The van der Waals surface area contributed by atoms with E-state index in [2.05, 4.69) is 22.3 Å². The van der Waals surface area contributed by atoms with Crippen LogP contribution in [0.2, 0.25) is 0 Å². The van der Waals surface area contributed by atoms with Gasteiger partial charge in [-0.2, -0.15) is 10.2 Å². The molecule has 0 aliphatic carbocycles. The van der Waals surface area contributed by atoms with Gasteiger partial charge in [0.05, 0.1) is 25.5 Å². The summed E-state index contributed by atoms with van der Waals surface area (Å²) in [6.45, 7) is 5.99. The standard InChI is InChI=1S/C26H34N6O3/c1-18-20(14-29(2)27-18)15-30-11-9-24-23(17-30)25(26(34)31-10-5-7-21(33)16-31)28-32(24)13-19-6-4-8-22(12-19)35-3/h4,6,8,12,14,21,33H,5,7,9-11,13,15-17H2,1-3H3/t21-/m1/s1. The molecule has 1 aromatic carbocycles. The van der Waals surface area contributed by atoms with Gasteiger partial charge in [-0.05, 0) is 37.5 Å². The number of rotatable bonds is 6. The summed E-state index contributed by atoms with van der Waals surface area (Å²) in [6, 6.07) is 7.97. The summed E-state index contributed by atoms with van der Waals surface area (Å²) in [7, 11) is 3.61. The van der Waals surface area contributed by atoms with Crippen LogP contribution in [0.4, 0.5) is 0 Å². The van der Waals surface area contributed by atoms with E-state index in [0.29, 0.717) is 31.9 Å². The molecule has 0 saturated carbocycles. The molecule has 9 nitrogen and oxygen atoms in total. The number of aliphatic hydroxyl groups is 1. The summed E-state index contributed by atoms with van der Waals surface area (Å²) in [4.78, 5) is 17.7. The van der Waals surface area contributed by atoms with E-state index in [4.69, 9.17) is 9.84 Å². The second-order valence-corrected chi connectivity index (χ2v) is 9.70. The minimum atomic E-state index is -0.465. The number of β-amino-alcohol motifs (C(OH)–C–C–N with tert-alkyl or cyclic N) is 1. The van der Waals surface area contributed by atoms with Crippen LogP contribution < -0.4 is 4.74 Å². The SMILES string of the molecule is COc1cccc(Cn2nc(C(=O)N3CCC[C@@H](O)C3)c3c2CCN(Cc2cn(C)nc2C)C3)c1. The first-order valence-corrected chi connectivity index (χ1v) is 12.3. The van der Waals surface area contributed by atoms with Crippen LogP contribution >= 0.6 is 0 Å². The van der Waals surface area contributed by atoms with Crippen molar-refractivity contribution in [1.29, 1.82) is 0 Å². The summed E-state index contributed by atoms with van der Waals surface area (Å²) < 4.78 is 9.23. The van der Waals surface area contributed by atoms with E-state index in [1.54, 1.807) is 12.0 Å². The number of benzene rings is 1. The van der Waals surface area contributed by atoms with Crippen molar-refractivity contribution in [3.8, 4) is 5.75 Å². The van der Waals surface area contributed by atoms with Crippen molar-refractivity contribution in [2.75, 3.05) is 26.7 Å². The topological polar surface area (TPSA) is 88.6 Å². The molecule has 0 radical (unpaired) electrons. The number of carbonyl (C=O) groups is 1. The Morgan fingerprint density at radius 1 is 1.23 bits per heavy atom. The third-order valence-electron chi connectivity index (χ3n) is 7.07. The Bertz CT molecular complexity index is 1220. The van der Waals surface area contributed by atoms with Crippen LogP contribution in [-0.2, 0) is 33.1 Å². The van der Waals surface area contributed by atoms with Gasteiger partial charge in [-0.1, -0.05) is 12.1 Å². The van der Waals surface area contributed by atoms with Crippen molar-refractivity contribution in [3.63, 3.8) is 0 Å². The zero-order valence-electron chi connectivity index (χ0n) is 20.8. The van der Waals surface area contributed by atoms with E-state index in [-0.39, 0.29) is 5.91 Å². The van der Waals surface area contributed by atoms with E-state index in [1.165, 1.54) is 5.56 Å². The van der Waals surface area contributed by atoms with E-state index in [1.807, 2.05) is 41.5 Å². The number of fused-ring (bicyclic) bond motifs is 1. The summed E-state index contributed by atoms with van der Waals surface area (Å²) in [5.74, 6) is 0.726. The first kappa shape index (κ1) is 23.6. The number of amides is 1. The van der Waals surface area contributed by atoms with Gasteiger partial charge in [-0.15, -0.1) is 0 Å². The number of aliphatic hydroxyl groups excluding tert-OH is 1. The first-order valence-electron chi connectivity index (χ1n) is 12.3. The van der Waals surface area contributed by atoms with Crippen LogP contribution in [0, 0.1) is 6.92 Å². The fourth-order valence-electron chi connectivity index (χ4n) is 5.26.